The highest BCUT2D eigenvalue weighted by molar-refractivity contribution is 6.05. The summed E-state index contributed by atoms with van der Waals surface area (Å²) in [4.78, 5) is 18.9. The number of aryl methyl sites for hydroxylation is 1. The van der Waals surface area contributed by atoms with Crippen LogP contribution >= 0.6 is 0 Å². The van der Waals surface area contributed by atoms with E-state index in [0.717, 1.165) is 38.3 Å². The topological polar surface area (TPSA) is 153 Å². The Bertz CT molecular complexity index is 1950. The lowest BCUT2D eigenvalue weighted by atomic mass is 9.93. The molecule has 4 saturated heterocycles. The molecule has 1 aromatic carbocycles. The Labute approximate surface area is 257 Å². The number of ether oxygens (including phenoxy) is 1. The average molecular weight is 612 g/mol. The van der Waals surface area contributed by atoms with Crippen LogP contribution in [0.1, 0.15) is 48.9 Å². The molecule has 0 aliphatic carbocycles. The fraction of sp³-hybridized carbons (Fsp3) is 0.469. The van der Waals surface area contributed by atoms with Crippen molar-refractivity contribution >= 4 is 33.7 Å². The van der Waals surface area contributed by atoms with Crippen molar-refractivity contribution in [2.45, 2.75) is 62.8 Å². The van der Waals surface area contributed by atoms with Gasteiger partial charge in [-0.2, -0.15) is 20.5 Å². The van der Waals surface area contributed by atoms with Gasteiger partial charge in [-0.25, -0.2) is 13.8 Å². The Morgan fingerprint density at radius 1 is 1.11 bits per heavy atom. The number of nitrogens with one attached hydrogen (secondary N) is 1. The minimum absolute atomic E-state index is 0.0511. The van der Waals surface area contributed by atoms with Gasteiger partial charge in [0.25, 0.3) is 0 Å². The van der Waals surface area contributed by atoms with E-state index in [9.17, 15) is 19.3 Å². The highest BCUT2D eigenvalue weighted by atomic mass is 19.1. The van der Waals surface area contributed by atoms with Crippen LogP contribution in [0.5, 0.6) is 6.01 Å². The summed E-state index contributed by atoms with van der Waals surface area (Å²) in [5, 5.41) is 24.5. The molecule has 3 N–H and O–H groups in total. The van der Waals surface area contributed by atoms with Gasteiger partial charge < -0.3 is 25.1 Å². The largest absolute Gasteiger partial charge is 0.461 e. The first kappa shape index (κ1) is 27.9. The number of halogens is 2. The average Bonchev–Trinajstić information content (AvgIpc) is 3.74. The summed E-state index contributed by atoms with van der Waals surface area (Å²) in [5.74, 6) is -0.198. The molecule has 0 spiro atoms. The normalized spacial score (nSPS) is 26.0. The van der Waals surface area contributed by atoms with Crippen LogP contribution in [0.25, 0.3) is 33.1 Å². The van der Waals surface area contributed by atoms with Crippen LogP contribution in [0.2, 0.25) is 0 Å². The highest BCUT2D eigenvalue weighted by Crippen LogP contribution is 2.43. The molecule has 0 radical (unpaired) electrons. The number of pyridine rings is 1. The number of anilines is 2. The van der Waals surface area contributed by atoms with E-state index in [4.69, 9.17) is 29.8 Å². The summed E-state index contributed by atoms with van der Waals surface area (Å²) in [6.45, 7) is 4.60. The van der Waals surface area contributed by atoms with Gasteiger partial charge in [0.2, 0.25) is 5.88 Å². The van der Waals surface area contributed by atoms with Crippen LogP contribution in [-0.2, 0) is 0 Å². The lowest BCUT2D eigenvalue weighted by Gasteiger charge is -2.34. The molecule has 230 valence electrons. The molecule has 4 aromatic rings. The maximum atomic E-state index is 15.0. The van der Waals surface area contributed by atoms with E-state index in [1.54, 1.807) is 6.92 Å². The quantitative estimate of drug-likeness (QED) is 0.335. The first-order chi connectivity index (χ1) is 21.8. The summed E-state index contributed by atoms with van der Waals surface area (Å²) in [5.41, 5.74) is 7.55. The van der Waals surface area contributed by atoms with E-state index >= 15 is 0 Å². The van der Waals surface area contributed by atoms with Crippen LogP contribution in [-0.4, -0.2) is 76.4 Å². The van der Waals surface area contributed by atoms with Crippen molar-refractivity contribution in [2.75, 3.05) is 43.4 Å². The zero-order valence-corrected chi connectivity index (χ0v) is 24.7. The Hall–Kier alpha value is -4.59. The number of aromatic nitrogens is 3. The predicted octanol–water partition coefficient (Wildman–Crippen LogP) is 4.11. The first-order valence-corrected chi connectivity index (χ1v) is 15.3. The maximum absolute atomic E-state index is 15.0. The van der Waals surface area contributed by atoms with E-state index in [0.29, 0.717) is 66.1 Å². The predicted molar refractivity (Wildman–Crippen MR) is 162 cm³/mol. The summed E-state index contributed by atoms with van der Waals surface area (Å²) >= 11 is 0. The lowest BCUT2D eigenvalue weighted by molar-refractivity contribution is 0.107. The number of nitriles is 2. The molecular formula is C32H31F2N9O2. The third kappa shape index (κ3) is 4.36. The molecule has 11 nitrogen and oxygen atoms in total. The molecule has 3 aromatic heterocycles. The van der Waals surface area contributed by atoms with Crippen molar-refractivity contribution in [3.8, 4) is 29.3 Å². The van der Waals surface area contributed by atoms with Crippen molar-refractivity contribution < 1.29 is 17.9 Å². The summed E-state index contributed by atoms with van der Waals surface area (Å²) in [6.07, 6.45) is 3.40. The van der Waals surface area contributed by atoms with Crippen molar-refractivity contribution in [2.24, 2.45) is 0 Å². The number of nitrogen functional groups attached to an aromatic ring is 1. The number of nitrogens with two attached hydrogens (primary N) is 1. The fourth-order valence-electron chi connectivity index (χ4n) is 8.09. The Morgan fingerprint density at radius 2 is 1.89 bits per heavy atom. The first-order valence-electron chi connectivity index (χ1n) is 15.3. The van der Waals surface area contributed by atoms with E-state index in [2.05, 4.69) is 21.2 Å². The molecule has 7 heterocycles. The number of rotatable bonds is 5. The standard InChI is InChI=1S/C32H31F2N9O2/c1-16-25(21-7-17(33)8-24-26(21)23(11-36)29(37)45-24)22(10-35)27-28(38-16)30(42-13-19-3-4-20(14-42)39-19)41-31(40-27)44-15-32-5-2-6-43(32)12-18(34)9-32/h7-8,18-20,39H,2-6,9,12-15,37H2,1H3/t18-,19?,20?,32+/m1/s1. The minimum Gasteiger partial charge on any atom is -0.461 e. The van der Waals surface area contributed by atoms with Crippen LogP contribution in [0.15, 0.2) is 16.5 Å². The highest BCUT2D eigenvalue weighted by Gasteiger charge is 2.49. The SMILES string of the molecule is Cc1nc2c(N3CC4CCC(C3)N4)nc(OC[C@@]34CCCN3C[C@H](F)C4)nc2c(C#N)c1-c1cc(F)cc2oc(N)c(C#N)c12. The maximum Gasteiger partial charge on any atom is 0.319 e. The Kier molecular flexibility index (Phi) is 6.34. The van der Waals surface area contributed by atoms with Gasteiger partial charge in [0.15, 0.2) is 5.82 Å². The molecule has 2 bridgehead atoms. The summed E-state index contributed by atoms with van der Waals surface area (Å²) in [7, 11) is 0. The lowest BCUT2D eigenvalue weighted by Crippen LogP contribution is -2.51. The van der Waals surface area contributed by atoms with Gasteiger partial charge in [0, 0.05) is 66.4 Å². The van der Waals surface area contributed by atoms with Gasteiger partial charge in [0.05, 0.1) is 11.1 Å². The molecule has 8 rings (SSSR count). The molecule has 0 amide bonds. The van der Waals surface area contributed by atoms with Gasteiger partial charge in [-0.3, -0.25) is 4.90 Å². The number of benzene rings is 1. The second kappa shape index (κ2) is 10.2. The number of furan rings is 1. The molecule has 4 fully saturated rings. The van der Waals surface area contributed by atoms with Crippen molar-refractivity contribution in [3.05, 3.63) is 34.8 Å². The second-order valence-corrected chi connectivity index (χ2v) is 12.8. The molecule has 0 saturated carbocycles. The van der Waals surface area contributed by atoms with E-state index in [1.165, 1.54) is 6.07 Å². The van der Waals surface area contributed by atoms with Gasteiger partial charge >= 0.3 is 6.01 Å². The number of alkyl halides is 1. The third-order valence-corrected chi connectivity index (χ3v) is 10.00. The number of hydrogen-bond donors (Lipinski definition) is 2. The number of nitrogens with zero attached hydrogens (tertiary/aromatic N) is 7. The third-order valence-electron chi connectivity index (χ3n) is 10.00. The van der Waals surface area contributed by atoms with Crippen LogP contribution in [0, 0.1) is 35.4 Å². The molecule has 2 unspecified atom stereocenters. The van der Waals surface area contributed by atoms with Gasteiger partial charge in [-0.05, 0) is 45.2 Å². The minimum atomic E-state index is -0.906. The number of piperazine rings is 1. The zero-order valence-electron chi connectivity index (χ0n) is 24.7. The molecule has 45 heavy (non-hydrogen) atoms. The van der Waals surface area contributed by atoms with E-state index in [1.807, 2.05) is 6.07 Å². The number of fused-ring (bicyclic) bond motifs is 5. The van der Waals surface area contributed by atoms with Crippen molar-refractivity contribution in [1.29, 1.82) is 10.5 Å². The van der Waals surface area contributed by atoms with Gasteiger partial charge in [-0.1, -0.05) is 0 Å². The second-order valence-electron chi connectivity index (χ2n) is 12.8. The summed E-state index contributed by atoms with van der Waals surface area (Å²) < 4.78 is 41.3. The molecule has 4 aliphatic heterocycles. The van der Waals surface area contributed by atoms with Crippen LogP contribution in [0.3, 0.4) is 0 Å². The molecule has 13 heteroatoms. The van der Waals surface area contributed by atoms with Crippen molar-refractivity contribution in [1.82, 2.24) is 25.2 Å². The Balaban J connectivity index is 1.32. The smallest absolute Gasteiger partial charge is 0.319 e. The Morgan fingerprint density at radius 3 is 2.64 bits per heavy atom. The monoisotopic (exact) mass is 611 g/mol. The van der Waals surface area contributed by atoms with Gasteiger partial charge in [-0.15, -0.1) is 0 Å². The molecule has 4 aliphatic rings. The van der Waals surface area contributed by atoms with Crippen molar-refractivity contribution in [3.63, 3.8) is 0 Å². The molecular weight excluding hydrogens is 580 g/mol. The molecule has 4 atom stereocenters. The van der Waals surface area contributed by atoms with E-state index < -0.39 is 17.5 Å². The number of hydrogen-bond acceptors (Lipinski definition) is 11. The van der Waals surface area contributed by atoms with Gasteiger partial charge in [0.1, 0.15) is 52.9 Å². The van der Waals surface area contributed by atoms with Crippen LogP contribution in [0.4, 0.5) is 20.5 Å². The van der Waals surface area contributed by atoms with E-state index in [-0.39, 0.29) is 46.3 Å². The fourth-order valence-corrected chi connectivity index (χ4v) is 8.09. The summed E-state index contributed by atoms with van der Waals surface area (Å²) in [6, 6.07) is 7.44. The van der Waals surface area contributed by atoms with Crippen LogP contribution < -0.4 is 20.7 Å². The zero-order chi connectivity index (χ0) is 31.0.